The van der Waals surface area contributed by atoms with Gasteiger partial charge in [-0.1, -0.05) is 19.9 Å². The second kappa shape index (κ2) is 6.20. The van der Waals surface area contributed by atoms with Gasteiger partial charge in [0.2, 0.25) is 5.91 Å². The number of nitrogens with two attached hydrogens (primary N) is 1. The van der Waals surface area contributed by atoms with Gasteiger partial charge in [-0.3, -0.25) is 4.79 Å². The quantitative estimate of drug-likeness (QED) is 0.713. The average molecular weight is 251 g/mol. The van der Waals surface area contributed by atoms with Crippen LogP contribution in [0.2, 0.25) is 0 Å². The van der Waals surface area contributed by atoms with Crippen LogP contribution in [0.1, 0.15) is 24.2 Å². The molecule has 0 radical (unpaired) electrons. The fraction of sp³-hybridized carbons (Fsp3) is 0.333. The van der Waals surface area contributed by atoms with Crippen molar-refractivity contribution in [2.75, 3.05) is 11.9 Å². The van der Waals surface area contributed by atoms with Crippen molar-refractivity contribution in [2.24, 2.45) is 11.7 Å². The lowest BCUT2D eigenvalue weighted by molar-refractivity contribution is 0.100. The molecule has 1 rings (SSSR count). The van der Waals surface area contributed by atoms with Gasteiger partial charge >= 0.3 is 0 Å². The Bertz CT molecular complexity index is 418. The summed E-state index contributed by atoms with van der Waals surface area (Å²) in [4.78, 5) is 11.0. The van der Waals surface area contributed by atoms with E-state index in [4.69, 9.17) is 18.0 Å². The third-order valence-corrected chi connectivity index (χ3v) is 2.32. The number of primary amides is 1. The molecule has 17 heavy (non-hydrogen) atoms. The van der Waals surface area contributed by atoms with E-state index in [0.717, 1.165) is 12.2 Å². The van der Waals surface area contributed by atoms with Crippen molar-refractivity contribution in [3.8, 4) is 0 Å². The fourth-order valence-corrected chi connectivity index (χ4v) is 1.42. The molecule has 5 heteroatoms. The summed E-state index contributed by atoms with van der Waals surface area (Å²) in [7, 11) is 0. The molecule has 0 spiro atoms. The van der Waals surface area contributed by atoms with Crippen molar-refractivity contribution in [1.82, 2.24) is 5.32 Å². The molecule has 0 bridgehead atoms. The topological polar surface area (TPSA) is 67.2 Å². The maximum Gasteiger partial charge on any atom is 0.248 e. The number of thiocarbonyl (C=S) groups is 1. The standard InChI is InChI=1S/C12H17N3OS/c1-8(2)7-14-12(17)15-10-5-3-4-9(6-10)11(13)16/h3-6,8H,7H2,1-2H3,(H2,13,16)(H2,14,15,17). The van der Waals surface area contributed by atoms with E-state index in [1.54, 1.807) is 18.2 Å². The largest absolute Gasteiger partial charge is 0.366 e. The van der Waals surface area contributed by atoms with Crippen molar-refractivity contribution in [2.45, 2.75) is 13.8 Å². The molecule has 0 aliphatic heterocycles. The summed E-state index contributed by atoms with van der Waals surface area (Å²) < 4.78 is 0. The summed E-state index contributed by atoms with van der Waals surface area (Å²) in [5.74, 6) is 0.0708. The summed E-state index contributed by atoms with van der Waals surface area (Å²) in [6.45, 7) is 5.01. The molecule has 0 unspecified atom stereocenters. The first-order chi connectivity index (χ1) is 7.99. The Kier molecular flexibility index (Phi) is 4.90. The van der Waals surface area contributed by atoms with Gasteiger partial charge in [0.05, 0.1) is 0 Å². The Morgan fingerprint density at radius 1 is 1.47 bits per heavy atom. The number of nitrogens with one attached hydrogen (secondary N) is 2. The first-order valence-electron chi connectivity index (χ1n) is 5.43. The summed E-state index contributed by atoms with van der Waals surface area (Å²) in [5, 5.41) is 6.63. The van der Waals surface area contributed by atoms with Crippen LogP contribution in [0, 0.1) is 5.92 Å². The van der Waals surface area contributed by atoms with Crippen molar-refractivity contribution in [3.05, 3.63) is 29.8 Å². The lowest BCUT2D eigenvalue weighted by Gasteiger charge is -2.12. The highest BCUT2D eigenvalue weighted by atomic mass is 32.1. The van der Waals surface area contributed by atoms with Gasteiger partial charge in [-0.15, -0.1) is 0 Å². The SMILES string of the molecule is CC(C)CNC(=S)Nc1cccc(C(N)=O)c1. The van der Waals surface area contributed by atoms with Crippen molar-refractivity contribution in [3.63, 3.8) is 0 Å². The van der Waals surface area contributed by atoms with E-state index in [9.17, 15) is 4.79 Å². The van der Waals surface area contributed by atoms with Gasteiger partial charge in [0.25, 0.3) is 0 Å². The van der Waals surface area contributed by atoms with E-state index >= 15 is 0 Å². The zero-order chi connectivity index (χ0) is 12.8. The lowest BCUT2D eigenvalue weighted by Crippen LogP contribution is -2.31. The average Bonchev–Trinajstić information content (AvgIpc) is 2.26. The molecule has 1 amide bonds. The number of anilines is 1. The molecule has 1 aromatic carbocycles. The molecule has 0 saturated carbocycles. The highest BCUT2D eigenvalue weighted by molar-refractivity contribution is 7.80. The molecule has 0 saturated heterocycles. The Morgan fingerprint density at radius 2 is 2.18 bits per heavy atom. The highest BCUT2D eigenvalue weighted by Gasteiger charge is 2.03. The van der Waals surface area contributed by atoms with E-state index in [-0.39, 0.29) is 0 Å². The van der Waals surface area contributed by atoms with Crippen molar-refractivity contribution < 1.29 is 4.79 Å². The van der Waals surface area contributed by atoms with Gasteiger partial charge < -0.3 is 16.4 Å². The number of carbonyl (C=O) groups is 1. The molecule has 0 aliphatic carbocycles. The van der Waals surface area contributed by atoms with Crippen molar-refractivity contribution in [1.29, 1.82) is 0 Å². The smallest absolute Gasteiger partial charge is 0.248 e. The number of hydrogen-bond acceptors (Lipinski definition) is 2. The van der Waals surface area contributed by atoms with E-state index < -0.39 is 5.91 Å². The minimum atomic E-state index is -0.449. The summed E-state index contributed by atoms with van der Waals surface area (Å²) in [5.41, 5.74) is 6.41. The van der Waals surface area contributed by atoms with Gasteiger partial charge in [-0.05, 0) is 36.3 Å². The predicted molar refractivity (Wildman–Crippen MR) is 74.0 cm³/mol. The maximum absolute atomic E-state index is 11.0. The monoisotopic (exact) mass is 251 g/mol. The Morgan fingerprint density at radius 3 is 2.76 bits per heavy atom. The lowest BCUT2D eigenvalue weighted by atomic mass is 10.2. The molecule has 1 aromatic rings. The van der Waals surface area contributed by atoms with E-state index in [0.29, 0.717) is 16.6 Å². The molecule has 92 valence electrons. The summed E-state index contributed by atoms with van der Waals surface area (Å²) >= 11 is 5.12. The van der Waals surface area contributed by atoms with Crippen LogP contribution in [0.4, 0.5) is 5.69 Å². The zero-order valence-corrected chi connectivity index (χ0v) is 10.8. The number of carbonyl (C=O) groups excluding carboxylic acids is 1. The third-order valence-electron chi connectivity index (χ3n) is 2.08. The molecular formula is C12H17N3OS. The summed E-state index contributed by atoms with van der Waals surface area (Å²) in [6.07, 6.45) is 0. The molecule has 4 nitrogen and oxygen atoms in total. The van der Waals surface area contributed by atoms with Gasteiger partial charge in [-0.25, -0.2) is 0 Å². The van der Waals surface area contributed by atoms with E-state index in [2.05, 4.69) is 24.5 Å². The Labute approximate surface area is 107 Å². The van der Waals surface area contributed by atoms with Crippen LogP contribution in [0.3, 0.4) is 0 Å². The molecule has 0 aromatic heterocycles. The molecule has 4 N–H and O–H groups in total. The molecule has 0 heterocycles. The second-order valence-electron chi connectivity index (χ2n) is 4.17. The number of amides is 1. The van der Waals surface area contributed by atoms with Crippen LogP contribution >= 0.6 is 12.2 Å². The number of rotatable bonds is 4. The van der Waals surface area contributed by atoms with Crippen LogP contribution in [0.5, 0.6) is 0 Å². The molecular weight excluding hydrogens is 234 g/mol. The van der Waals surface area contributed by atoms with Crippen LogP contribution in [0.15, 0.2) is 24.3 Å². The van der Waals surface area contributed by atoms with E-state index in [1.807, 2.05) is 6.07 Å². The number of benzene rings is 1. The van der Waals surface area contributed by atoms with Gasteiger partial charge in [0.15, 0.2) is 5.11 Å². The first kappa shape index (κ1) is 13.4. The number of hydrogen-bond donors (Lipinski definition) is 3. The minimum absolute atomic E-state index is 0.449. The third kappa shape index (κ3) is 4.82. The van der Waals surface area contributed by atoms with Crippen LogP contribution in [-0.2, 0) is 0 Å². The normalized spacial score (nSPS) is 10.1. The highest BCUT2D eigenvalue weighted by Crippen LogP contribution is 2.09. The van der Waals surface area contributed by atoms with Crippen LogP contribution in [0.25, 0.3) is 0 Å². The molecule has 0 atom stereocenters. The van der Waals surface area contributed by atoms with Crippen molar-refractivity contribution >= 4 is 28.9 Å². The molecule has 0 fully saturated rings. The summed E-state index contributed by atoms with van der Waals surface area (Å²) in [6, 6.07) is 6.92. The second-order valence-corrected chi connectivity index (χ2v) is 4.58. The Hall–Kier alpha value is -1.62. The fourth-order valence-electron chi connectivity index (χ4n) is 1.22. The van der Waals surface area contributed by atoms with Crippen LogP contribution in [-0.4, -0.2) is 17.6 Å². The van der Waals surface area contributed by atoms with Gasteiger partial charge in [0, 0.05) is 17.8 Å². The van der Waals surface area contributed by atoms with Gasteiger partial charge in [-0.2, -0.15) is 0 Å². The molecule has 0 aliphatic rings. The van der Waals surface area contributed by atoms with Gasteiger partial charge in [0.1, 0.15) is 0 Å². The first-order valence-corrected chi connectivity index (χ1v) is 5.84. The predicted octanol–water partition coefficient (Wildman–Crippen LogP) is 1.73. The van der Waals surface area contributed by atoms with E-state index in [1.165, 1.54) is 0 Å². The maximum atomic E-state index is 11.0. The zero-order valence-electron chi connectivity index (χ0n) is 9.99. The van der Waals surface area contributed by atoms with Crippen LogP contribution < -0.4 is 16.4 Å². The minimum Gasteiger partial charge on any atom is -0.366 e. The Balaban J connectivity index is 2.59.